The zero-order valence-electron chi connectivity index (χ0n) is 20.5. The first-order chi connectivity index (χ1) is 17.0. The second-order valence-electron chi connectivity index (χ2n) is 8.41. The van der Waals surface area contributed by atoms with Gasteiger partial charge in [0.25, 0.3) is 5.91 Å². The van der Waals surface area contributed by atoms with Gasteiger partial charge in [-0.15, -0.1) is 11.3 Å². The predicted octanol–water partition coefficient (Wildman–Crippen LogP) is 4.44. The summed E-state index contributed by atoms with van der Waals surface area (Å²) in [7, 11) is 1.64. The van der Waals surface area contributed by atoms with Gasteiger partial charge in [-0.2, -0.15) is 0 Å². The quantitative estimate of drug-likeness (QED) is 0.464. The van der Waals surface area contributed by atoms with Crippen molar-refractivity contribution in [3.8, 4) is 22.1 Å². The number of rotatable bonds is 8. The van der Waals surface area contributed by atoms with Gasteiger partial charge in [0.2, 0.25) is 5.91 Å². The van der Waals surface area contributed by atoms with Crippen LogP contribution in [0.1, 0.15) is 34.3 Å². The average Bonchev–Trinajstić information content (AvgIpc) is 3.29. The minimum absolute atomic E-state index is 0.0116. The average molecular weight is 494 g/mol. The van der Waals surface area contributed by atoms with Crippen molar-refractivity contribution in [2.24, 2.45) is 0 Å². The Hall–Kier alpha value is -3.39. The van der Waals surface area contributed by atoms with Crippen LogP contribution in [-0.2, 0) is 11.2 Å². The molecule has 0 spiro atoms. The maximum absolute atomic E-state index is 13.2. The van der Waals surface area contributed by atoms with Crippen molar-refractivity contribution < 1.29 is 19.1 Å². The van der Waals surface area contributed by atoms with E-state index in [0.29, 0.717) is 50.5 Å². The maximum atomic E-state index is 13.2. The van der Waals surface area contributed by atoms with Crippen molar-refractivity contribution in [1.82, 2.24) is 14.8 Å². The number of aromatic nitrogens is 1. The van der Waals surface area contributed by atoms with Crippen LogP contribution in [0, 0.1) is 6.92 Å². The molecule has 2 aromatic carbocycles. The lowest BCUT2D eigenvalue weighted by Crippen LogP contribution is -2.50. The summed E-state index contributed by atoms with van der Waals surface area (Å²) in [6, 6.07) is 15.6. The van der Waals surface area contributed by atoms with Crippen molar-refractivity contribution in [2.45, 2.75) is 26.7 Å². The topological polar surface area (TPSA) is 72.0 Å². The fourth-order valence-electron chi connectivity index (χ4n) is 4.08. The number of thiazole rings is 1. The molecule has 8 heteroatoms. The van der Waals surface area contributed by atoms with E-state index in [1.165, 1.54) is 11.3 Å². The molecule has 0 radical (unpaired) electrons. The van der Waals surface area contributed by atoms with Crippen LogP contribution in [0.4, 0.5) is 0 Å². The normalized spacial score (nSPS) is 13.6. The van der Waals surface area contributed by atoms with E-state index in [1.54, 1.807) is 7.11 Å². The Morgan fingerprint density at radius 2 is 1.57 bits per heavy atom. The summed E-state index contributed by atoms with van der Waals surface area (Å²) in [6.07, 6.45) is 1.15. The number of benzene rings is 2. The zero-order chi connectivity index (χ0) is 24.8. The fraction of sp³-hybridized carbons (Fsp3) is 0.370. The van der Waals surface area contributed by atoms with E-state index in [-0.39, 0.29) is 11.8 Å². The maximum Gasteiger partial charge on any atom is 0.265 e. The van der Waals surface area contributed by atoms with E-state index in [2.05, 4.69) is 4.98 Å². The van der Waals surface area contributed by atoms with Gasteiger partial charge >= 0.3 is 0 Å². The predicted molar refractivity (Wildman–Crippen MR) is 137 cm³/mol. The first kappa shape index (κ1) is 24.7. The molecule has 2 heterocycles. The molecule has 0 unspecified atom stereocenters. The summed E-state index contributed by atoms with van der Waals surface area (Å²) in [5.74, 6) is 1.74. The van der Waals surface area contributed by atoms with E-state index in [0.717, 1.165) is 33.3 Å². The lowest BCUT2D eigenvalue weighted by molar-refractivity contribution is -0.132. The van der Waals surface area contributed by atoms with Crippen LogP contribution in [-0.4, -0.2) is 66.5 Å². The number of hydrogen-bond donors (Lipinski definition) is 0. The molecule has 1 fully saturated rings. The highest BCUT2D eigenvalue weighted by Gasteiger charge is 2.27. The van der Waals surface area contributed by atoms with Gasteiger partial charge in [-0.3, -0.25) is 9.59 Å². The van der Waals surface area contributed by atoms with E-state index in [9.17, 15) is 9.59 Å². The van der Waals surface area contributed by atoms with E-state index in [4.69, 9.17) is 9.47 Å². The van der Waals surface area contributed by atoms with Gasteiger partial charge in [-0.05, 0) is 62.2 Å². The summed E-state index contributed by atoms with van der Waals surface area (Å²) in [6.45, 7) is 6.62. The number of nitrogens with zero attached hydrogens (tertiary/aromatic N) is 3. The highest BCUT2D eigenvalue weighted by molar-refractivity contribution is 7.17. The number of carbonyl (C=O) groups is 2. The van der Waals surface area contributed by atoms with Gasteiger partial charge in [-0.1, -0.05) is 12.1 Å². The summed E-state index contributed by atoms with van der Waals surface area (Å²) in [5, 5.41) is 0.821. The molecule has 184 valence electrons. The molecule has 1 aromatic heterocycles. The molecule has 7 nitrogen and oxygen atoms in total. The lowest BCUT2D eigenvalue weighted by Gasteiger charge is -2.34. The SMILES string of the molecule is CCOc1ccc(-c2nc(C)c(C(=O)N3CCN(C(=O)CCc4ccc(OC)cc4)CC3)s2)cc1. The second kappa shape index (κ2) is 11.4. The van der Waals surface area contributed by atoms with Gasteiger partial charge in [-0.25, -0.2) is 4.98 Å². The minimum Gasteiger partial charge on any atom is -0.497 e. The van der Waals surface area contributed by atoms with Crippen LogP contribution in [0.25, 0.3) is 10.6 Å². The van der Waals surface area contributed by atoms with Gasteiger partial charge in [0.05, 0.1) is 19.4 Å². The summed E-state index contributed by atoms with van der Waals surface area (Å²) >= 11 is 1.42. The highest BCUT2D eigenvalue weighted by Crippen LogP contribution is 2.30. The van der Waals surface area contributed by atoms with Gasteiger partial charge < -0.3 is 19.3 Å². The van der Waals surface area contributed by atoms with Gasteiger partial charge in [0.15, 0.2) is 0 Å². The number of carbonyl (C=O) groups excluding carboxylic acids is 2. The van der Waals surface area contributed by atoms with Gasteiger partial charge in [0.1, 0.15) is 21.4 Å². The Balaban J connectivity index is 1.31. The molecule has 0 atom stereocenters. The number of methoxy groups -OCH3 is 1. The second-order valence-corrected chi connectivity index (χ2v) is 9.41. The molecule has 4 rings (SSSR count). The van der Waals surface area contributed by atoms with Crippen LogP contribution in [0.5, 0.6) is 11.5 Å². The number of hydrogen-bond acceptors (Lipinski definition) is 6. The number of piperazine rings is 1. The molecule has 35 heavy (non-hydrogen) atoms. The molecule has 0 N–H and O–H groups in total. The zero-order valence-corrected chi connectivity index (χ0v) is 21.3. The van der Waals surface area contributed by atoms with Crippen molar-refractivity contribution in [3.05, 3.63) is 64.7 Å². The Morgan fingerprint density at radius 3 is 2.20 bits per heavy atom. The van der Waals surface area contributed by atoms with Gasteiger partial charge in [0, 0.05) is 38.2 Å². The first-order valence-corrected chi connectivity index (χ1v) is 12.7. The Bertz CT molecular complexity index is 1150. The van der Waals surface area contributed by atoms with Crippen molar-refractivity contribution in [1.29, 1.82) is 0 Å². The summed E-state index contributed by atoms with van der Waals surface area (Å²) in [4.78, 5) is 34.9. The fourth-order valence-corrected chi connectivity index (χ4v) is 5.12. The first-order valence-electron chi connectivity index (χ1n) is 11.9. The third-order valence-corrected chi connectivity index (χ3v) is 7.30. The third kappa shape index (κ3) is 6.00. The molecule has 2 amide bonds. The lowest BCUT2D eigenvalue weighted by atomic mass is 10.1. The Morgan fingerprint density at radius 1 is 0.943 bits per heavy atom. The molecular formula is C27H31N3O4S. The van der Waals surface area contributed by atoms with Crippen molar-refractivity contribution in [3.63, 3.8) is 0 Å². The molecule has 3 aromatic rings. The van der Waals surface area contributed by atoms with Crippen LogP contribution >= 0.6 is 11.3 Å². The van der Waals surface area contributed by atoms with E-state index < -0.39 is 0 Å². The van der Waals surface area contributed by atoms with E-state index >= 15 is 0 Å². The molecule has 1 saturated heterocycles. The van der Waals surface area contributed by atoms with Crippen molar-refractivity contribution in [2.75, 3.05) is 39.9 Å². The molecule has 1 aliphatic heterocycles. The van der Waals surface area contributed by atoms with Crippen molar-refractivity contribution >= 4 is 23.2 Å². The highest BCUT2D eigenvalue weighted by atomic mass is 32.1. The number of amides is 2. The Kier molecular flexibility index (Phi) is 8.02. The van der Waals surface area contributed by atoms with Crippen LogP contribution in [0.3, 0.4) is 0 Å². The molecule has 0 bridgehead atoms. The third-order valence-electron chi connectivity index (χ3n) is 6.11. The summed E-state index contributed by atoms with van der Waals surface area (Å²) < 4.78 is 10.7. The monoisotopic (exact) mass is 493 g/mol. The van der Waals surface area contributed by atoms with Crippen LogP contribution in [0.15, 0.2) is 48.5 Å². The molecule has 0 aliphatic carbocycles. The standard InChI is InChI=1S/C27H31N3O4S/c1-4-34-23-12-8-21(9-13-23)26-28-19(2)25(35-26)27(32)30-17-15-29(16-18-30)24(31)14-7-20-5-10-22(33-3)11-6-20/h5-6,8-13H,4,7,14-18H2,1-3H3. The molecule has 0 saturated carbocycles. The van der Waals surface area contributed by atoms with Crippen LogP contribution in [0.2, 0.25) is 0 Å². The minimum atomic E-state index is -0.0116. The number of aryl methyl sites for hydroxylation is 2. The molecule has 1 aliphatic rings. The smallest absolute Gasteiger partial charge is 0.265 e. The van der Waals surface area contributed by atoms with E-state index in [1.807, 2.05) is 72.2 Å². The summed E-state index contributed by atoms with van der Waals surface area (Å²) in [5.41, 5.74) is 2.81. The largest absolute Gasteiger partial charge is 0.497 e. The Labute approximate surface area is 210 Å². The van der Waals surface area contributed by atoms with Crippen LogP contribution < -0.4 is 9.47 Å². The number of ether oxygens (including phenoxy) is 2. The molecular weight excluding hydrogens is 462 g/mol.